The van der Waals surface area contributed by atoms with Crippen molar-refractivity contribution < 1.29 is 0 Å². The highest BCUT2D eigenvalue weighted by atomic mass is 79.9. The second-order valence-corrected chi connectivity index (χ2v) is 4.99. The van der Waals surface area contributed by atoms with Crippen molar-refractivity contribution in [2.24, 2.45) is 0 Å². The molecule has 20 heavy (non-hydrogen) atoms. The highest BCUT2D eigenvalue weighted by Gasteiger charge is 2.12. The molecule has 0 aromatic carbocycles. The molecule has 0 bridgehead atoms. The van der Waals surface area contributed by atoms with E-state index in [-0.39, 0.29) is 5.15 Å². The van der Waals surface area contributed by atoms with E-state index in [2.05, 4.69) is 47.2 Å². The summed E-state index contributed by atoms with van der Waals surface area (Å²) in [6.07, 6.45) is 7.31. The lowest BCUT2D eigenvalue weighted by molar-refractivity contribution is 1.10. The zero-order chi connectivity index (χ0) is 13.9. The summed E-state index contributed by atoms with van der Waals surface area (Å²) in [5, 5.41) is 0.259. The predicted molar refractivity (Wildman–Crippen MR) is 77.8 cm³/mol. The summed E-state index contributed by atoms with van der Waals surface area (Å²) in [5.74, 6) is 0.438. The Morgan fingerprint density at radius 2 is 2.05 bits per heavy atom. The van der Waals surface area contributed by atoms with Crippen LogP contribution in [-0.2, 0) is 0 Å². The van der Waals surface area contributed by atoms with Gasteiger partial charge < -0.3 is 0 Å². The molecule has 0 saturated heterocycles. The molecule has 1 radical (unpaired) electrons. The Morgan fingerprint density at radius 1 is 1.15 bits per heavy atom. The molecular formula is C13H6BrClN5. The van der Waals surface area contributed by atoms with Gasteiger partial charge in [0.15, 0.2) is 12.2 Å². The van der Waals surface area contributed by atoms with Crippen molar-refractivity contribution in [3.8, 4) is 22.8 Å². The normalized spacial score (nSPS) is 10.5. The van der Waals surface area contributed by atoms with Crippen LogP contribution in [0.25, 0.3) is 22.8 Å². The quantitative estimate of drug-likeness (QED) is 0.666. The van der Waals surface area contributed by atoms with Gasteiger partial charge in [0.25, 0.3) is 0 Å². The van der Waals surface area contributed by atoms with Crippen LogP contribution in [0.4, 0.5) is 0 Å². The molecule has 0 aliphatic carbocycles. The summed E-state index contributed by atoms with van der Waals surface area (Å²) < 4.78 is 0.750. The van der Waals surface area contributed by atoms with Gasteiger partial charge in [-0.3, -0.25) is 4.98 Å². The van der Waals surface area contributed by atoms with Crippen molar-refractivity contribution in [1.29, 1.82) is 0 Å². The molecule has 0 fully saturated rings. The number of nitrogens with zero attached hydrogens (tertiary/aromatic N) is 5. The first kappa shape index (κ1) is 13.1. The van der Waals surface area contributed by atoms with Gasteiger partial charge in [-0.1, -0.05) is 17.7 Å². The van der Waals surface area contributed by atoms with Crippen LogP contribution in [0.2, 0.25) is 5.15 Å². The highest BCUT2D eigenvalue weighted by Crippen LogP contribution is 2.28. The van der Waals surface area contributed by atoms with Crippen LogP contribution in [0.3, 0.4) is 0 Å². The first-order valence-corrected chi connectivity index (χ1v) is 6.75. The molecule has 0 unspecified atom stereocenters. The van der Waals surface area contributed by atoms with Crippen molar-refractivity contribution in [3.63, 3.8) is 0 Å². The van der Waals surface area contributed by atoms with Gasteiger partial charge in [0.1, 0.15) is 10.8 Å². The Labute approximate surface area is 128 Å². The molecule has 7 heteroatoms. The third-order valence-corrected chi connectivity index (χ3v) is 3.38. The van der Waals surface area contributed by atoms with Crippen LogP contribution in [-0.4, -0.2) is 24.9 Å². The monoisotopic (exact) mass is 346 g/mol. The van der Waals surface area contributed by atoms with Crippen molar-refractivity contribution in [3.05, 3.63) is 52.7 Å². The zero-order valence-corrected chi connectivity index (χ0v) is 12.3. The first-order chi connectivity index (χ1) is 9.75. The molecule has 0 aliphatic rings. The van der Waals surface area contributed by atoms with E-state index in [1.54, 1.807) is 12.4 Å². The lowest BCUT2D eigenvalue weighted by atomic mass is 10.2. The van der Waals surface area contributed by atoms with E-state index < -0.39 is 0 Å². The SMILES string of the molecule is Clc1n[c]ncc1-c1ncc(Br)c(-c2ccccn2)n1. The van der Waals surface area contributed by atoms with Crippen molar-refractivity contribution in [2.75, 3.05) is 0 Å². The maximum Gasteiger partial charge on any atom is 0.199 e. The molecule has 3 aromatic heterocycles. The predicted octanol–water partition coefficient (Wildman–Crippen LogP) is 3.21. The van der Waals surface area contributed by atoms with Gasteiger partial charge in [-0.05, 0) is 28.1 Å². The fraction of sp³-hybridized carbons (Fsp3) is 0. The second kappa shape index (κ2) is 5.60. The van der Waals surface area contributed by atoms with Gasteiger partial charge in [0.2, 0.25) is 0 Å². The molecule has 0 atom stereocenters. The van der Waals surface area contributed by atoms with Gasteiger partial charge in [-0.25, -0.2) is 19.9 Å². The molecule has 0 spiro atoms. The molecule has 5 nitrogen and oxygen atoms in total. The smallest absolute Gasteiger partial charge is 0.199 e. The summed E-state index contributed by atoms with van der Waals surface area (Å²) in [6, 6.07) is 5.61. The Bertz CT molecular complexity index is 751. The Morgan fingerprint density at radius 3 is 2.80 bits per heavy atom. The Kier molecular flexibility index (Phi) is 3.66. The Hall–Kier alpha value is -1.92. The van der Waals surface area contributed by atoms with Crippen molar-refractivity contribution in [2.45, 2.75) is 0 Å². The molecule has 3 heterocycles. The molecule has 0 N–H and O–H groups in total. The van der Waals surface area contributed by atoms with E-state index in [0.29, 0.717) is 17.1 Å². The minimum absolute atomic E-state index is 0.259. The van der Waals surface area contributed by atoms with Crippen molar-refractivity contribution >= 4 is 27.5 Å². The third kappa shape index (κ3) is 2.52. The van der Waals surface area contributed by atoms with Crippen LogP contribution in [0.1, 0.15) is 0 Å². The summed E-state index contributed by atoms with van der Waals surface area (Å²) >= 11 is 9.43. The van der Waals surface area contributed by atoms with Crippen molar-refractivity contribution in [1.82, 2.24) is 24.9 Å². The summed E-state index contributed by atoms with van der Waals surface area (Å²) in [4.78, 5) is 20.6. The van der Waals surface area contributed by atoms with Gasteiger partial charge >= 0.3 is 0 Å². The molecule has 0 amide bonds. The molecule has 97 valence electrons. The second-order valence-electron chi connectivity index (χ2n) is 3.78. The fourth-order valence-electron chi connectivity index (χ4n) is 1.61. The van der Waals surface area contributed by atoms with Gasteiger partial charge in [-0.15, -0.1) is 0 Å². The summed E-state index contributed by atoms with van der Waals surface area (Å²) in [6.45, 7) is 0. The van der Waals surface area contributed by atoms with E-state index in [9.17, 15) is 0 Å². The number of hydrogen-bond acceptors (Lipinski definition) is 5. The van der Waals surface area contributed by atoms with E-state index >= 15 is 0 Å². The number of halogens is 2. The first-order valence-electron chi connectivity index (χ1n) is 5.58. The lowest BCUT2D eigenvalue weighted by Gasteiger charge is -2.06. The molecule has 3 aromatic rings. The highest BCUT2D eigenvalue weighted by molar-refractivity contribution is 9.10. The van der Waals surface area contributed by atoms with Gasteiger partial charge in [0.05, 0.1) is 15.7 Å². The average Bonchev–Trinajstić information content (AvgIpc) is 2.49. The van der Waals surface area contributed by atoms with Crippen LogP contribution in [0, 0.1) is 6.33 Å². The van der Waals surface area contributed by atoms with E-state index in [0.717, 1.165) is 10.2 Å². The maximum atomic E-state index is 6.01. The molecule has 0 aliphatic heterocycles. The standard InChI is InChI=1S/C13H6BrClN5/c14-9-6-18-13(8-5-16-7-19-12(8)15)20-11(9)10-3-1-2-4-17-10/h1-6H. The zero-order valence-electron chi connectivity index (χ0n) is 9.96. The van der Waals surface area contributed by atoms with Gasteiger partial charge in [-0.2, -0.15) is 0 Å². The lowest BCUT2D eigenvalue weighted by Crippen LogP contribution is -1.96. The minimum atomic E-state index is 0.259. The van der Waals surface area contributed by atoms with E-state index in [4.69, 9.17) is 11.6 Å². The maximum absolute atomic E-state index is 6.01. The van der Waals surface area contributed by atoms with E-state index in [1.165, 1.54) is 6.20 Å². The van der Waals surface area contributed by atoms with Crippen LogP contribution in [0.5, 0.6) is 0 Å². The van der Waals surface area contributed by atoms with Gasteiger partial charge in [0, 0.05) is 18.6 Å². The summed E-state index contributed by atoms with van der Waals surface area (Å²) in [7, 11) is 0. The average molecular weight is 348 g/mol. The number of rotatable bonds is 2. The third-order valence-electron chi connectivity index (χ3n) is 2.51. The number of hydrogen-bond donors (Lipinski definition) is 0. The fourth-order valence-corrected chi connectivity index (χ4v) is 2.17. The minimum Gasteiger partial charge on any atom is -0.255 e. The molecule has 0 saturated carbocycles. The Balaban J connectivity index is 2.15. The largest absolute Gasteiger partial charge is 0.255 e. The molecule has 3 rings (SSSR count). The summed E-state index contributed by atoms with van der Waals surface area (Å²) in [5.41, 5.74) is 1.97. The molecular weight excluding hydrogens is 342 g/mol. The topological polar surface area (TPSA) is 64.5 Å². The van der Waals surface area contributed by atoms with Crippen LogP contribution in [0.15, 0.2) is 41.3 Å². The van der Waals surface area contributed by atoms with Crippen LogP contribution < -0.4 is 0 Å². The number of aromatic nitrogens is 5. The van der Waals surface area contributed by atoms with Crippen LogP contribution >= 0.6 is 27.5 Å². The number of pyridine rings is 1. The van der Waals surface area contributed by atoms with E-state index in [1.807, 2.05) is 18.2 Å².